The molecule has 1 saturated heterocycles. The smallest absolute Gasteiger partial charge is 0.251 e. The normalized spacial score (nSPS) is 20.3. The molecule has 5 aromatic rings. The predicted octanol–water partition coefficient (Wildman–Crippen LogP) is 7.62. The first-order valence-corrected chi connectivity index (χ1v) is 17.3. The number of hydrogen-bond acceptors (Lipinski definition) is 6. The average Bonchev–Trinajstić information content (AvgIpc) is 3.18. The van der Waals surface area contributed by atoms with Gasteiger partial charge in [-0.05, 0) is 65.6 Å². The molecule has 1 aliphatic heterocycles. The molecule has 7 heteroatoms. The van der Waals surface area contributed by atoms with Gasteiger partial charge in [0.1, 0.15) is 0 Å². The highest BCUT2D eigenvalue weighted by atomic mass is 16.7. The first-order valence-electron chi connectivity index (χ1n) is 17.3. The first-order chi connectivity index (χ1) is 24.3. The zero-order valence-electron chi connectivity index (χ0n) is 28.9. The molecule has 0 unspecified atom stereocenters. The van der Waals surface area contributed by atoms with E-state index >= 15 is 0 Å². The van der Waals surface area contributed by atoms with Gasteiger partial charge >= 0.3 is 0 Å². The van der Waals surface area contributed by atoms with Gasteiger partial charge in [0.05, 0.1) is 24.9 Å². The van der Waals surface area contributed by atoms with E-state index in [-0.39, 0.29) is 36.7 Å². The molecule has 258 valence electrons. The molecule has 0 bridgehead atoms. The number of carbonyl (C=O) groups excluding carboxylic acids is 1. The number of aliphatic hydroxyl groups excluding tert-OH is 2. The highest BCUT2D eigenvalue weighted by molar-refractivity contribution is 5.94. The Balaban J connectivity index is 1.19. The van der Waals surface area contributed by atoms with Crippen LogP contribution in [0.4, 0.5) is 0 Å². The van der Waals surface area contributed by atoms with Crippen LogP contribution in [0.25, 0.3) is 11.1 Å². The molecule has 5 aromatic carbocycles. The largest absolute Gasteiger partial charge is 0.392 e. The number of likely N-dealkylation sites (N-methyl/N-ethyl adjacent to an activating group) is 1. The van der Waals surface area contributed by atoms with Gasteiger partial charge in [0.15, 0.2) is 6.29 Å². The number of rotatable bonds is 12. The summed E-state index contributed by atoms with van der Waals surface area (Å²) in [5.41, 5.74) is 7.42. The zero-order valence-corrected chi connectivity index (χ0v) is 28.9. The highest BCUT2D eigenvalue weighted by Crippen LogP contribution is 2.42. The van der Waals surface area contributed by atoms with Gasteiger partial charge in [-0.25, -0.2) is 0 Å². The molecular formula is C43H46N2O5. The lowest BCUT2D eigenvalue weighted by atomic mass is 9.89. The maximum atomic E-state index is 12.6. The van der Waals surface area contributed by atoms with Crippen LogP contribution in [0.2, 0.25) is 0 Å². The van der Waals surface area contributed by atoms with Crippen LogP contribution in [0.3, 0.4) is 0 Å². The molecule has 1 amide bonds. The van der Waals surface area contributed by atoms with Gasteiger partial charge in [-0.15, -0.1) is 0 Å². The van der Waals surface area contributed by atoms with E-state index in [1.807, 2.05) is 111 Å². The van der Waals surface area contributed by atoms with Crippen LogP contribution in [0, 0.1) is 5.92 Å². The number of carbonyl (C=O) groups is 1. The highest BCUT2D eigenvalue weighted by Gasteiger charge is 2.39. The first kappa shape index (κ1) is 35.2. The van der Waals surface area contributed by atoms with Crippen molar-refractivity contribution in [3.05, 3.63) is 167 Å². The lowest BCUT2D eigenvalue weighted by Crippen LogP contribution is -2.46. The fraction of sp³-hybridized carbons (Fsp3) is 0.279. The molecule has 0 radical (unpaired) electrons. The second kappa shape index (κ2) is 16.4. The average molecular weight is 671 g/mol. The SMILES string of the molecule is C[C@H]1[C@@H](CN(C)[C@@H](C)[C@H](O)c2ccccc2)O[C@@H](c2ccc(-c3cccc(CNC(=O)c4ccccc4)c3)cc2)O[C@H]1c1ccc(CO)cc1. The van der Waals surface area contributed by atoms with Crippen molar-refractivity contribution >= 4 is 5.91 Å². The van der Waals surface area contributed by atoms with E-state index in [9.17, 15) is 15.0 Å². The molecule has 7 nitrogen and oxygen atoms in total. The number of ether oxygens (including phenoxy) is 2. The summed E-state index contributed by atoms with van der Waals surface area (Å²) in [6.45, 7) is 5.20. The monoisotopic (exact) mass is 670 g/mol. The van der Waals surface area contributed by atoms with Crippen molar-refractivity contribution in [3.8, 4) is 11.1 Å². The lowest BCUT2D eigenvalue weighted by Gasteiger charge is -2.43. The maximum Gasteiger partial charge on any atom is 0.251 e. The van der Waals surface area contributed by atoms with Crippen molar-refractivity contribution in [2.24, 2.45) is 5.92 Å². The molecular weight excluding hydrogens is 624 g/mol. The molecule has 6 rings (SSSR count). The summed E-state index contributed by atoms with van der Waals surface area (Å²) in [6, 6.07) is 43.2. The summed E-state index contributed by atoms with van der Waals surface area (Å²) in [5.74, 6) is -0.0877. The van der Waals surface area contributed by atoms with Crippen molar-refractivity contribution in [1.82, 2.24) is 10.2 Å². The van der Waals surface area contributed by atoms with E-state index in [0.29, 0.717) is 18.7 Å². The summed E-state index contributed by atoms with van der Waals surface area (Å²) in [5, 5.41) is 23.8. The minimum atomic E-state index is -0.639. The summed E-state index contributed by atoms with van der Waals surface area (Å²) in [7, 11) is 2.03. The van der Waals surface area contributed by atoms with Crippen molar-refractivity contribution in [2.45, 2.75) is 57.6 Å². The standard InChI is InChI=1S/C43H46N2O5/c1-29-39(27-45(3)30(2)40(47)34-12-6-4-7-13-34)49-43(50-41(29)35-19-17-31(28-46)18-20-35)37-23-21-33(22-24-37)38-16-10-11-32(25-38)26-44-42(48)36-14-8-5-9-15-36/h4-25,29-30,39-41,43,46-47H,26-28H2,1-3H3,(H,44,48)/t29-,30-,39+,40-,41+,43+/m0/s1. The summed E-state index contributed by atoms with van der Waals surface area (Å²) in [6.07, 6.45) is -1.67. The van der Waals surface area contributed by atoms with Gasteiger partial charge in [-0.3, -0.25) is 9.69 Å². The van der Waals surface area contributed by atoms with E-state index < -0.39 is 12.4 Å². The van der Waals surface area contributed by atoms with Crippen LogP contribution in [0.15, 0.2) is 133 Å². The second-order valence-corrected chi connectivity index (χ2v) is 13.2. The minimum absolute atomic E-state index is 0.0131. The molecule has 1 fully saturated rings. The number of aliphatic hydroxyl groups is 2. The van der Waals surface area contributed by atoms with Crippen LogP contribution in [-0.4, -0.2) is 46.8 Å². The van der Waals surface area contributed by atoms with Gasteiger partial charge in [-0.2, -0.15) is 0 Å². The van der Waals surface area contributed by atoms with Crippen LogP contribution in [0.5, 0.6) is 0 Å². The Morgan fingerprint density at radius 1 is 0.780 bits per heavy atom. The minimum Gasteiger partial charge on any atom is -0.392 e. The predicted molar refractivity (Wildman–Crippen MR) is 196 cm³/mol. The molecule has 6 atom stereocenters. The molecule has 1 heterocycles. The second-order valence-electron chi connectivity index (χ2n) is 13.2. The van der Waals surface area contributed by atoms with Crippen LogP contribution in [-0.2, 0) is 22.6 Å². The molecule has 50 heavy (non-hydrogen) atoms. The van der Waals surface area contributed by atoms with E-state index in [0.717, 1.165) is 38.9 Å². The molecule has 0 saturated carbocycles. The molecule has 0 spiro atoms. The lowest BCUT2D eigenvalue weighted by molar-refractivity contribution is -0.276. The summed E-state index contributed by atoms with van der Waals surface area (Å²) in [4.78, 5) is 14.7. The molecule has 3 N–H and O–H groups in total. The van der Waals surface area contributed by atoms with Crippen molar-refractivity contribution in [2.75, 3.05) is 13.6 Å². The van der Waals surface area contributed by atoms with E-state index in [1.54, 1.807) is 12.1 Å². The number of nitrogens with zero attached hydrogens (tertiary/aromatic N) is 1. The number of hydrogen-bond donors (Lipinski definition) is 3. The van der Waals surface area contributed by atoms with Crippen LogP contribution < -0.4 is 5.32 Å². The van der Waals surface area contributed by atoms with Crippen molar-refractivity contribution in [3.63, 3.8) is 0 Å². The van der Waals surface area contributed by atoms with Crippen LogP contribution >= 0.6 is 0 Å². The van der Waals surface area contributed by atoms with Crippen LogP contribution in [0.1, 0.15) is 70.5 Å². The topological polar surface area (TPSA) is 91.3 Å². The fourth-order valence-corrected chi connectivity index (χ4v) is 6.52. The van der Waals surface area contributed by atoms with Gasteiger partial charge in [-0.1, -0.05) is 122 Å². The number of benzene rings is 5. The van der Waals surface area contributed by atoms with Gasteiger partial charge < -0.3 is 25.0 Å². The van der Waals surface area contributed by atoms with E-state index in [2.05, 4.69) is 41.4 Å². The van der Waals surface area contributed by atoms with E-state index in [1.165, 1.54) is 0 Å². The van der Waals surface area contributed by atoms with Gasteiger partial charge in [0, 0.05) is 36.2 Å². The summed E-state index contributed by atoms with van der Waals surface area (Å²) >= 11 is 0. The summed E-state index contributed by atoms with van der Waals surface area (Å²) < 4.78 is 13.4. The Hall–Kier alpha value is -4.63. The Morgan fingerprint density at radius 3 is 2.12 bits per heavy atom. The van der Waals surface area contributed by atoms with Gasteiger partial charge in [0.25, 0.3) is 5.91 Å². The molecule has 0 aliphatic carbocycles. The fourth-order valence-electron chi connectivity index (χ4n) is 6.52. The Morgan fingerprint density at radius 2 is 1.44 bits per heavy atom. The Kier molecular flexibility index (Phi) is 11.5. The Labute approximate surface area is 295 Å². The van der Waals surface area contributed by atoms with Gasteiger partial charge in [0.2, 0.25) is 0 Å². The molecule has 0 aromatic heterocycles. The van der Waals surface area contributed by atoms with E-state index in [4.69, 9.17) is 9.47 Å². The Bertz CT molecular complexity index is 1810. The maximum absolute atomic E-state index is 12.6. The van der Waals surface area contributed by atoms with Crippen molar-refractivity contribution < 1.29 is 24.5 Å². The molecule has 1 aliphatic rings. The third-order valence-electron chi connectivity index (χ3n) is 9.82. The third-order valence-corrected chi connectivity index (χ3v) is 9.82. The quantitative estimate of drug-likeness (QED) is 0.127. The number of amides is 1. The zero-order chi connectivity index (χ0) is 35.0. The van der Waals surface area contributed by atoms with Crippen molar-refractivity contribution in [1.29, 1.82) is 0 Å². The third kappa shape index (κ3) is 8.38. The number of nitrogens with one attached hydrogen (secondary N) is 1.